The van der Waals surface area contributed by atoms with Crippen LogP contribution in [-0.2, 0) is 0 Å². The molecule has 0 aromatic carbocycles. The summed E-state index contributed by atoms with van der Waals surface area (Å²) in [5, 5.41) is 7.47. The summed E-state index contributed by atoms with van der Waals surface area (Å²) in [4.78, 5) is 6.79. The summed E-state index contributed by atoms with van der Waals surface area (Å²) in [5.74, 6) is 1.08. The van der Waals surface area contributed by atoms with Gasteiger partial charge in [0, 0.05) is 24.3 Å². The molecule has 1 aromatic heterocycles. The van der Waals surface area contributed by atoms with E-state index < -0.39 is 0 Å². The van der Waals surface area contributed by atoms with Crippen molar-refractivity contribution in [3.05, 3.63) is 23.4 Å². The number of nitrogens with zero attached hydrogens (tertiary/aromatic N) is 2. The Morgan fingerprint density at radius 1 is 1.31 bits per heavy atom. The van der Waals surface area contributed by atoms with Crippen LogP contribution in [0.4, 0.5) is 5.82 Å². The van der Waals surface area contributed by atoms with Gasteiger partial charge in [0.15, 0.2) is 0 Å². The molecule has 3 N–H and O–H groups in total. The van der Waals surface area contributed by atoms with Gasteiger partial charge in [0.1, 0.15) is 11.7 Å². The standard InChI is InChI=1S/C12H18N4/c1-9-7-10(12(13)14)8-11(15-9)16-5-3-2-4-6-16/h7-8H,2-6H2,1H3,(H3,13,14). The second-order valence-corrected chi connectivity index (χ2v) is 4.32. The molecule has 0 saturated carbocycles. The molecular formula is C12H18N4. The summed E-state index contributed by atoms with van der Waals surface area (Å²) in [6, 6.07) is 3.77. The smallest absolute Gasteiger partial charge is 0.129 e. The number of amidine groups is 1. The molecule has 1 aliphatic rings. The molecule has 0 aliphatic carbocycles. The van der Waals surface area contributed by atoms with E-state index in [2.05, 4.69) is 9.88 Å². The number of nitrogen functional groups attached to an aromatic ring is 1. The predicted octanol–water partition coefficient (Wildman–Crippen LogP) is 1.66. The van der Waals surface area contributed by atoms with E-state index in [9.17, 15) is 0 Å². The maximum absolute atomic E-state index is 7.47. The van der Waals surface area contributed by atoms with Crippen molar-refractivity contribution in [2.75, 3.05) is 18.0 Å². The molecule has 1 saturated heterocycles. The normalized spacial score (nSPS) is 16.2. The SMILES string of the molecule is Cc1cc(C(=N)N)cc(N2CCCCC2)n1. The van der Waals surface area contributed by atoms with Crippen LogP contribution >= 0.6 is 0 Å². The fourth-order valence-electron chi connectivity index (χ4n) is 2.09. The molecule has 2 rings (SSSR count). The number of rotatable bonds is 2. The number of pyridine rings is 1. The Kier molecular flexibility index (Phi) is 3.08. The molecule has 16 heavy (non-hydrogen) atoms. The first-order valence-electron chi connectivity index (χ1n) is 5.75. The molecule has 0 unspecified atom stereocenters. The summed E-state index contributed by atoms with van der Waals surface area (Å²) in [5.41, 5.74) is 7.21. The average Bonchev–Trinajstić information content (AvgIpc) is 2.29. The lowest BCUT2D eigenvalue weighted by Crippen LogP contribution is -2.30. The molecule has 1 fully saturated rings. The van der Waals surface area contributed by atoms with Crippen LogP contribution in [0.5, 0.6) is 0 Å². The van der Waals surface area contributed by atoms with Gasteiger partial charge in [0.2, 0.25) is 0 Å². The van der Waals surface area contributed by atoms with E-state index in [4.69, 9.17) is 11.1 Å². The molecule has 0 radical (unpaired) electrons. The minimum absolute atomic E-state index is 0.115. The van der Waals surface area contributed by atoms with Crippen LogP contribution in [-0.4, -0.2) is 23.9 Å². The number of hydrogen-bond donors (Lipinski definition) is 2. The maximum Gasteiger partial charge on any atom is 0.129 e. The topological polar surface area (TPSA) is 66.0 Å². The van der Waals surface area contributed by atoms with Gasteiger partial charge in [-0.3, -0.25) is 5.41 Å². The predicted molar refractivity (Wildman–Crippen MR) is 66.1 cm³/mol. The minimum atomic E-state index is 0.115. The number of aryl methyl sites for hydroxylation is 1. The van der Waals surface area contributed by atoms with Crippen molar-refractivity contribution in [3.63, 3.8) is 0 Å². The van der Waals surface area contributed by atoms with Crippen molar-refractivity contribution in [1.82, 2.24) is 4.98 Å². The number of aromatic nitrogens is 1. The Labute approximate surface area is 96.0 Å². The average molecular weight is 218 g/mol. The first-order chi connectivity index (χ1) is 7.66. The second kappa shape index (κ2) is 4.51. The number of piperidine rings is 1. The van der Waals surface area contributed by atoms with Gasteiger partial charge in [-0.25, -0.2) is 4.98 Å². The van der Waals surface area contributed by atoms with Gasteiger partial charge in [-0.2, -0.15) is 0 Å². The number of nitrogens with two attached hydrogens (primary N) is 1. The van der Waals surface area contributed by atoms with E-state index in [0.29, 0.717) is 0 Å². The van der Waals surface area contributed by atoms with E-state index in [0.717, 1.165) is 30.2 Å². The molecule has 0 spiro atoms. The van der Waals surface area contributed by atoms with Crippen LogP contribution in [0.1, 0.15) is 30.5 Å². The largest absolute Gasteiger partial charge is 0.384 e. The van der Waals surface area contributed by atoms with E-state index in [-0.39, 0.29) is 5.84 Å². The summed E-state index contributed by atoms with van der Waals surface area (Å²) >= 11 is 0. The zero-order valence-electron chi connectivity index (χ0n) is 9.66. The molecule has 1 aromatic rings. The quantitative estimate of drug-likeness (QED) is 0.586. The van der Waals surface area contributed by atoms with Crippen LogP contribution in [0.15, 0.2) is 12.1 Å². The lowest BCUT2D eigenvalue weighted by atomic mass is 10.1. The van der Waals surface area contributed by atoms with Crippen molar-refractivity contribution < 1.29 is 0 Å². The first kappa shape index (κ1) is 10.9. The van der Waals surface area contributed by atoms with Gasteiger partial charge in [-0.1, -0.05) is 0 Å². The third-order valence-electron chi connectivity index (χ3n) is 2.93. The molecule has 1 aliphatic heterocycles. The number of nitrogens with one attached hydrogen (secondary N) is 1. The Morgan fingerprint density at radius 2 is 2.00 bits per heavy atom. The molecule has 86 valence electrons. The number of hydrogen-bond acceptors (Lipinski definition) is 3. The van der Waals surface area contributed by atoms with Gasteiger partial charge in [0.25, 0.3) is 0 Å². The van der Waals surface area contributed by atoms with Gasteiger partial charge < -0.3 is 10.6 Å². The highest BCUT2D eigenvalue weighted by atomic mass is 15.2. The lowest BCUT2D eigenvalue weighted by molar-refractivity contribution is 0.573. The zero-order chi connectivity index (χ0) is 11.5. The first-order valence-corrected chi connectivity index (χ1v) is 5.75. The summed E-state index contributed by atoms with van der Waals surface area (Å²) in [7, 11) is 0. The fourth-order valence-corrected chi connectivity index (χ4v) is 2.09. The van der Waals surface area contributed by atoms with E-state index in [1.54, 1.807) is 0 Å². The molecule has 2 heterocycles. The molecule has 4 heteroatoms. The van der Waals surface area contributed by atoms with Crippen molar-refractivity contribution in [2.45, 2.75) is 26.2 Å². The summed E-state index contributed by atoms with van der Waals surface area (Å²) in [6.45, 7) is 4.07. The highest BCUT2D eigenvalue weighted by Crippen LogP contribution is 2.19. The van der Waals surface area contributed by atoms with E-state index >= 15 is 0 Å². The van der Waals surface area contributed by atoms with Crippen molar-refractivity contribution in [3.8, 4) is 0 Å². The zero-order valence-corrected chi connectivity index (χ0v) is 9.66. The molecule has 0 bridgehead atoms. The van der Waals surface area contributed by atoms with Crippen molar-refractivity contribution >= 4 is 11.7 Å². The highest BCUT2D eigenvalue weighted by Gasteiger charge is 2.13. The van der Waals surface area contributed by atoms with Crippen LogP contribution in [0.3, 0.4) is 0 Å². The van der Waals surface area contributed by atoms with Crippen LogP contribution in [0.25, 0.3) is 0 Å². The Morgan fingerprint density at radius 3 is 2.62 bits per heavy atom. The van der Waals surface area contributed by atoms with E-state index in [1.165, 1.54) is 19.3 Å². The molecule has 4 nitrogen and oxygen atoms in total. The molecule has 0 amide bonds. The summed E-state index contributed by atoms with van der Waals surface area (Å²) < 4.78 is 0. The molecular weight excluding hydrogens is 200 g/mol. The van der Waals surface area contributed by atoms with Gasteiger partial charge in [-0.15, -0.1) is 0 Å². The van der Waals surface area contributed by atoms with Crippen LogP contribution in [0, 0.1) is 12.3 Å². The minimum Gasteiger partial charge on any atom is -0.384 e. The summed E-state index contributed by atoms with van der Waals surface area (Å²) in [6.07, 6.45) is 3.76. The van der Waals surface area contributed by atoms with Gasteiger partial charge >= 0.3 is 0 Å². The van der Waals surface area contributed by atoms with Crippen molar-refractivity contribution in [2.24, 2.45) is 5.73 Å². The van der Waals surface area contributed by atoms with Gasteiger partial charge in [0.05, 0.1) is 0 Å². The van der Waals surface area contributed by atoms with E-state index in [1.807, 2.05) is 19.1 Å². The number of anilines is 1. The lowest BCUT2D eigenvalue weighted by Gasteiger charge is -2.28. The van der Waals surface area contributed by atoms with Crippen LogP contribution in [0.2, 0.25) is 0 Å². The Hall–Kier alpha value is -1.58. The molecule has 0 atom stereocenters. The fraction of sp³-hybridized carbons (Fsp3) is 0.500. The highest BCUT2D eigenvalue weighted by molar-refractivity contribution is 5.95. The van der Waals surface area contributed by atoms with Crippen molar-refractivity contribution in [1.29, 1.82) is 5.41 Å². The monoisotopic (exact) mass is 218 g/mol. The third-order valence-corrected chi connectivity index (χ3v) is 2.93. The maximum atomic E-state index is 7.47. The van der Waals surface area contributed by atoms with Crippen LogP contribution < -0.4 is 10.6 Å². The second-order valence-electron chi connectivity index (χ2n) is 4.32. The van der Waals surface area contributed by atoms with Gasteiger partial charge in [-0.05, 0) is 38.3 Å². The third kappa shape index (κ3) is 2.32. The Bertz CT molecular complexity index is 394. The Balaban J connectivity index is 2.28.